The zero-order valence-electron chi connectivity index (χ0n) is 12.0. The summed E-state index contributed by atoms with van der Waals surface area (Å²) in [7, 11) is 0. The molecule has 1 saturated heterocycles. The lowest BCUT2D eigenvalue weighted by Gasteiger charge is -2.42. The van der Waals surface area contributed by atoms with Crippen LogP contribution in [-0.2, 0) is 0 Å². The third kappa shape index (κ3) is 4.04. The van der Waals surface area contributed by atoms with Gasteiger partial charge in [0.15, 0.2) is 0 Å². The van der Waals surface area contributed by atoms with Crippen LogP contribution in [0.4, 0.5) is 0 Å². The molecule has 1 amide bonds. The van der Waals surface area contributed by atoms with E-state index >= 15 is 0 Å². The number of halogens is 2. The first-order chi connectivity index (χ1) is 8.40. The number of aromatic nitrogens is 2. The van der Waals surface area contributed by atoms with E-state index in [0.717, 1.165) is 12.1 Å². The number of hydrogen-bond acceptors (Lipinski definition) is 4. The molecule has 0 spiro atoms. The van der Waals surface area contributed by atoms with Crippen LogP contribution in [0.15, 0.2) is 12.4 Å². The van der Waals surface area contributed by atoms with Gasteiger partial charge < -0.3 is 10.6 Å². The van der Waals surface area contributed by atoms with Crippen LogP contribution in [0.5, 0.6) is 0 Å². The van der Waals surface area contributed by atoms with E-state index < -0.39 is 0 Å². The van der Waals surface area contributed by atoms with Crippen LogP contribution in [0.3, 0.4) is 0 Å². The molecule has 0 bridgehead atoms. The normalized spacial score (nSPS) is 20.6. The molecular weight excluding hydrogens is 299 g/mol. The fraction of sp³-hybridized carbons (Fsp3) is 0.615. The fourth-order valence-corrected chi connectivity index (χ4v) is 2.21. The molecule has 0 radical (unpaired) electrons. The maximum Gasteiger partial charge on any atom is 0.274 e. The molecule has 0 aliphatic carbocycles. The largest absolute Gasteiger partial charge is 0.337 e. The van der Waals surface area contributed by atoms with Gasteiger partial charge >= 0.3 is 0 Å². The van der Waals surface area contributed by atoms with Crippen LogP contribution in [0.25, 0.3) is 0 Å². The Morgan fingerprint density at radius 1 is 1.35 bits per heavy atom. The first kappa shape index (κ1) is 19.1. The van der Waals surface area contributed by atoms with Gasteiger partial charge in [-0.25, -0.2) is 4.98 Å². The van der Waals surface area contributed by atoms with Crippen molar-refractivity contribution in [3.05, 3.63) is 23.8 Å². The monoisotopic (exact) mass is 320 g/mol. The van der Waals surface area contributed by atoms with E-state index in [-0.39, 0.29) is 42.2 Å². The first-order valence-corrected chi connectivity index (χ1v) is 6.23. The molecule has 5 nitrogen and oxygen atoms in total. The highest BCUT2D eigenvalue weighted by molar-refractivity contribution is 5.92. The number of carbonyl (C=O) groups is 1. The molecule has 1 aliphatic rings. The number of likely N-dealkylation sites (tertiary alicyclic amines) is 1. The van der Waals surface area contributed by atoms with Crippen LogP contribution in [0, 0.1) is 12.3 Å². The van der Waals surface area contributed by atoms with Gasteiger partial charge in [0.1, 0.15) is 5.69 Å². The van der Waals surface area contributed by atoms with E-state index in [4.69, 9.17) is 5.73 Å². The number of rotatable bonds is 1. The smallest absolute Gasteiger partial charge is 0.274 e. The SMILES string of the molecule is Cc1cnc(C(=O)N2CCC(N)C(C)(C)C2)cn1.Cl.Cl. The van der Waals surface area contributed by atoms with E-state index in [0.29, 0.717) is 18.8 Å². The number of carbonyl (C=O) groups excluding carboxylic acids is 1. The quantitative estimate of drug-likeness (QED) is 0.856. The van der Waals surface area contributed by atoms with Gasteiger partial charge in [-0.05, 0) is 18.8 Å². The molecule has 2 rings (SSSR count). The van der Waals surface area contributed by atoms with E-state index in [1.54, 1.807) is 12.4 Å². The lowest BCUT2D eigenvalue weighted by molar-refractivity contribution is 0.0527. The van der Waals surface area contributed by atoms with Crippen molar-refractivity contribution >= 4 is 30.7 Å². The minimum atomic E-state index is -0.0533. The van der Waals surface area contributed by atoms with Gasteiger partial charge in [0.05, 0.1) is 11.9 Å². The number of hydrogen-bond donors (Lipinski definition) is 1. The Morgan fingerprint density at radius 2 is 2.00 bits per heavy atom. The van der Waals surface area contributed by atoms with Crippen LogP contribution in [-0.4, -0.2) is 39.9 Å². The van der Waals surface area contributed by atoms with Crippen molar-refractivity contribution in [1.82, 2.24) is 14.9 Å². The lowest BCUT2D eigenvalue weighted by Crippen LogP contribution is -2.54. The van der Waals surface area contributed by atoms with E-state index in [9.17, 15) is 4.79 Å². The molecule has 20 heavy (non-hydrogen) atoms. The molecule has 1 aromatic heterocycles. The Bertz CT molecular complexity index is 450. The van der Waals surface area contributed by atoms with Crippen LogP contribution in [0.2, 0.25) is 0 Å². The maximum absolute atomic E-state index is 12.3. The molecule has 1 aromatic rings. The third-order valence-corrected chi connectivity index (χ3v) is 3.60. The van der Waals surface area contributed by atoms with E-state index in [2.05, 4.69) is 23.8 Å². The van der Waals surface area contributed by atoms with Gasteiger partial charge in [0.25, 0.3) is 5.91 Å². The second-order valence-electron chi connectivity index (χ2n) is 5.65. The van der Waals surface area contributed by atoms with Crippen LogP contribution in [0.1, 0.15) is 36.5 Å². The van der Waals surface area contributed by atoms with E-state index in [1.807, 2.05) is 11.8 Å². The van der Waals surface area contributed by atoms with Gasteiger partial charge in [-0.1, -0.05) is 13.8 Å². The summed E-state index contributed by atoms with van der Waals surface area (Å²) in [6, 6.07) is 0.144. The predicted molar refractivity (Wildman–Crippen MR) is 83.5 cm³/mol. The number of amides is 1. The van der Waals surface area contributed by atoms with Gasteiger partial charge in [-0.2, -0.15) is 0 Å². The van der Waals surface area contributed by atoms with Crippen molar-refractivity contribution in [2.45, 2.75) is 33.2 Å². The maximum atomic E-state index is 12.3. The van der Waals surface area contributed by atoms with Crippen molar-refractivity contribution in [2.75, 3.05) is 13.1 Å². The summed E-state index contributed by atoms with van der Waals surface area (Å²) in [5.74, 6) is -0.0533. The molecule has 0 aromatic carbocycles. The molecule has 1 fully saturated rings. The van der Waals surface area contributed by atoms with Gasteiger partial charge in [-0.3, -0.25) is 9.78 Å². The Kier molecular flexibility index (Phi) is 6.87. The van der Waals surface area contributed by atoms with Crippen molar-refractivity contribution in [3.8, 4) is 0 Å². The average molecular weight is 321 g/mol. The number of nitrogens with two attached hydrogens (primary N) is 1. The summed E-state index contributed by atoms with van der Waals surface area (Å²) >= 11 is 0. The third-order valence-electron chi connectivity index (χ3n) is 3.60. The minimum Gasteiger partial charge on any atom is -0.337 e. The lowest BCUT2D eigenvalue weighted by atomic mass is 9.79. The average Bonchev–Trinajstić information content (AvgIpc) is 2.33. The molecule has 2 heterocycles. The van der Waals surface area contributed by atoms with E-state index in [1.165, 1.54) is 0 Å². The Morgan fingerprint density at radius 3 is 2.50 bits per heavy atom. The summed E-state index contributed by atoms with van der Waals surface area (Å²) in [4.78, 5) is 22.4. The van der Waals surface area contributed by atoms with Gasteiger partial charge in [-0.15, -0.1) is 24.8 Å². The second-order valence-corrected chi connectivity index (χ2v) is 5.65. The molecule has 114 valence electrons. The Balaban J connectivity index is 0.00000180. The number of aryl methyl sites for hydroxylation is 1. The zero-order chi connectivity index (χ0) is 13.3. The molecule has 1 aliphatic heterocycles. The highest BCUT2D eigenvalue weighted by Crippen LogP contribution is 2.28. The molecule has 1 unspecified atom stereocenters. The van der Waals surface area contributed by atoms with Crippen molar-refractivity contribution < 1.29 is 4.79 Å². The Hall–Kier alpha value is -0.910. The summed E-state index contributed by atoms with van der Waals surface area (Å²) < 4.78 is 0. The fourth-order valence-electron chi connectivity index (χ4n) is 2.21. The van der Waals surface area contributed by atoms with Crippen molar-refractivity contribution in [2.24, 2.45) is 11.1 Å². The first-order valence-electron chi connectivity index (χ1n) is 6.23. The summed E-state index contributed by atoms with van der Waals surface area (Å²) in [6.07, 6.45) is 3.99. The summed E-state index contributed by atoms with van der Waals surface area (Å²) in [5, 5.41) is 0. The Labute approximate surface area is 132 Å². The van der Waals surface area contributed by atoms with Gasteiger partial charge in [0.2, 0.25) is 0 Å². The highest BCUT2D eigenvalue weighted by atomic mass is 35.5. The number of piperidine rings is 1. The molecule has 7 heteroatoms. The van der Waals surface area contributed by atoms with Crippen molar-refractivity contribution in [3.63, 3.8) is 0 Å². The molecule has 2 N–H and O–H groups in total. The molecule has 1 atom stereocenters. The minimum absolute atomic E-state index is 0. The predicted octanol–water partition coefficient (Wildman–Crippen LogP) is 1.83. The van der Waals surface area contributed by atoms with Crippen molar-refractivity contribution in [1.29, 1.82) is 0 Å². The topological polar surface area (TPSA) is 72.1 Å². The highest BCUT2D eigenvalue weighted by Gasteiger charge is 2.35. The van der Waals surface area contributed by atoms with Gasteiger partial charge in [0, 0.05) is 25.3 Å². The summed E-state index contributed by atoms with van der Waals surface area (Å²) in [6.45, 7) is 7.40. The molecule has 0 saturated carbocycles. The zero-order valence-corrected chi connectivity index (χ0v) is 13.6. The number of nitrogens with zero attached hydrogens (tertiary/aromatic N) is 3. The standard InChI is InChI=1S/C13H20N4O.2ClH/c1-9-6-16-10(7-15-9)12(18)17-5-4-11(14)13(2,3)8-17;;/h6-7,11H,4-5,8,14H2,1-3H3;2*1H. The van der Waals surface area contributed by atoms with Crippen LogP contribution >= 0.6 is 24.8 Å². The molecular formula is C13H22Cl2N4O. The van der Waals surface area contributed by atoms with Crippen LogP contribution < -0.4 is 5.73 Å². The summed E-state index contributed by atoms with van der Waals surface area (Å²) in [5.41, 5.74) is 7.24. The second kappa shape index (κ2) is 7.20.